The molecule has 90 valence electrons. The second-order valence-electron chi connectivity index (χ2n) is 3.77. The molecule has 1 aromatic heterocycles. The second kappa shape index (κ2) is 4.78. The largest absolute Gasteiger partial charge is 0.396 e. The van der Waals surface area contributed by atoms with Crippen molar-refractivity contribution < 1.29 is 22.7 Å². The maximum Gasteiger partial charge on any atom is 0.252 e. The molecule has 16 heavy (non-hydrogen) atoms. The molecule has 6 heteroatoms. The topological polar surface area (TPSA) is 33.1 Å². The zero-order valence-electron chi connectivity index (χ0n) is 8.77. The molecule has 1 unspecified atom stereocenters. The van der Waals surface area contributed by atoms with Gasteiger partial charge in [0, 0.05) is 11.5 Å². The van der Waals surface area contributed by atoms with Crippen LogP contribution in [0.2, 0.25) is 0 Å². The van der Waals surface area contributed by atoms with Crippen LogP contribution in [0.1, 0.15) is 25.3 Å². The molecule has 0 spiro atoms. The van der Waals surface area contributed by atoms with E-state index < -0.39 is 41.6 Å². The molecule has 0 saturated carbocycles. The number of rotatable bonds is 3. The number of aliphatic hydroxyl groups excluding tert-OH is 1. The minimum absolute atomic E-state index is 0.366. The average molecular weight is 237 g/mol. The van der Waals surface area contributed by atoms with Crippen molar-refractivity contribution in [3.05, 3.63) is 29.1 Å². The Bertz CT molecular complexity index is 369. The summed E-state index contributed by atoms with van der Waals surface area (Å²) in [6.07, 6.45) is 0. The van der Waals surface area contributed by atoms with E-state index in [9.17, 15) is 17.6 Å². The predicted molar refractivity (Wildman–Crippen MR) is 48.7 cm³/mol. The third-order valence-electron chi connectivity index (χ3n) is 2.40. The van der Waals surface area contributed by atoms with Crippen LogP contribution >= 0.6 is 0 Å². The van der Waals surface area contributed by atoms with Crippen molar-refractivity contribution in [3.63, 3.8) is 0 Å². The van der Waals surface area contributed by atoms with Gasteiger partial charge < -0.3 is 5.11 Å². The maximum atomic E-state index is 13.3. The highest BCUT2D eigenvalue weighted by atomic mass is 19.2. The zero-order chi connectivity index (χ0) is 12.5. The fourth-order valence-electron chi connectivity index (χ4n) is 1.46. The van der Waals surface area contributed by atoms with Gasteiger partial charge in [-0.1, -0.05) is 13.8 Å². The van der Waals surface area contributed by atoms with Crippen molar-refractivity contribution in [2.75, 3.05) is 6.61 Å². The van der Waals surface area contributed by atoms with Crippen LogP contribution in [0, 0.1) is 29.4 Å². The van der Waals surface area contributed by atoms with Gasteiger partial charge in [-0.2, -0.15) is 13.8 Å². The molecule has 1 heterocycles. The highest BCUT2D eigenvalue weighted by Gasteiger charge is 2.28. The number of nitrogens with zero attached hydrogens (tertiary/aromatic N) is 1. The molecule has 0 aromatic carbocycles. The standard InChI is InChI=1S/C10H11F4NO/c1-4(2)5(3-16)6-7(11)9(13)15-10(14)8(6)12/h4-5,16H,3H2,1-2H3. The van der Waals surface area contributed by atoms with E-state index in [2.05, 4.69) is 4.98 Å². The Morgan fingerprint density at radius 1 is 1.06 bits per heavy atom. The third kappa shape index (κ3) is 2.16. The molecule has 0 bridgehead atoms. The molecular formula is C10H11F4NO. The lowest BCUT2D eigenvalue weighted by Gasteiger charge is -2.19. The minimum atomic E-state index is -1.70. The predicted octanol–water partition coefficient (Wildman–Crippen LogP) is 2.37. The number of aromatic nitrogens is 1. The molecule has 1 atom stereocenters. The van der Waals surface area contributed by atoms with Crippen LogP contribution < -0.4 is 0 Å². The summed E-state index contributed by atoms with van der Waals surface area (Å²) in [5.41, 5.74) is -0.789. The highest BCUT2D eigenvalue weighted by molar-refractivity contribution is 5.22. The van der Waals surface area contributed by atoms with E-state index in [4.69, 9.17) is 5.11 Å². The molecule has 0 saturated heterocycles. The van der Waals surface area contributed by atoms with Gasteiger partial charge >= 0.3 is 0 Å². The Hall–Kier alpha value is -1.17. The maximum absolute atomic E-state index is 13.3. The summed E-state index contributed by atoms with van der Waals surface area (Å²) in [6, 6.07) is 0. The van der Waals surface area contributed by atoms with E-state index in [1.807, 2.05) is 0 Å². The van der Waals surface area contributed by atoms with E-state index in [1.54, 1.807) is 13.8 Å². The lowest BCUT2D eigenvalue weighted by atomic mass is 9.89. The summed E-state index contributed by atoms with van der Waals surface area (Å²) in [6.45, 7) is 2.56. The quantitative estimate of drug-likeness (QED) is 0.646. The first-order valence-corrected chi connectivity index (χ1v) is 4.70. The van der Waals surface area contributed by atoms with Gasteiger partial charge in [0.1, 0.15) is 0 Å². The number of hydrogen-bond donors (Lipinski definition) is 1. The van der Waals surface area contributed by atoms with Gasteiger partial charge in [-0.05, 0) is 5.92 Å². The molecular weight excluding hydrogens is 226 g/mol. The monoisotopic (exact) mass is 237 g/mol. The summed E-state index contributed by atoms with van der Waals surface area (Å²) < 4.78 is 52.2. The summed E-state index contributed by atoms with van der Waals surface area (Å²) in [5, 5.41) is 8.98. The molecule has 0 aliphatic carbocycles. The van der Waals surface area contributed by atoms with E-state index >= 15 is 0 Å². The molecule has 0 fully saturated rings. The number of pyridine rings is 1. The highest BCUT2D eigenvalue weighted by Crippen LogP contribution is 2.30. The smallest absolute Gasteiger partial charge is 0.252 e. The van der Waals surface area contributed by atoms with E-state index in [1.165, 1.54) is 0 Å². The molecule has 1 rings (SSSR count). The van der Waals surface area contributed by atoms with Crippen LogP contribution in [0.25, 0.3) is 0 Å². The Balaban J connectivity index is 3.41. The van der Waals surface area contributed by atoms with Gasteiger partial charge in [-0.3, -0.25) is 0 Å². The Kier molecular flexibility index (Phi) is 3.85. The first-order chi connectivity index (χ1) is 7.40. The molecule has 0 aliphatic rings. The van der Waals surface area contributed by atoms with Gasteiger partial charge in [0.2, 0.25) is 0 Å². The molecule has 2 nitrogen and oxygen atoms in total. The van der Waals surface area contributed by atoms with Gasteiger partial charge in [-0.25, -0.2) is 8.78 Å². The van der Waals surface area contributed by atoms with Gasteiger partial charge in [0.05, 0.1) is 6.61 Å². The lowest BCUT2D eigenvalue weighted by Crippen LogP contribution is -2.18. The van der Waals surface area contributed by atoms with Crippen LogP contribution in [0.3, 0.4) is 0 Å². The van der Waals surface area contributed by atoms with Gasteiger partial charge in [0.15, 0.2) is 11.6 Å². The molecule has 0 aliphatic heterocycles. The van der Waals surface area contributed by atoms with Crippen LogP contribution in [0.15, 0.2) is 0 Å². The van der Waals surface area contributed by atoms with Crippen LogP contribution in [0.5, 0.6) is 0 Å². The lowest BCUT2D eigenvalue weighted by molar-refractivity contribution is 0.226. The van der Waals surface area contributed by atoms with Crippen molar-refractivity contribution in [2.24, 2.45) is 5.92 Å². The number of halogens is 4. The minimum Gasteiger partial charge on any atom is -0.396 e. The molecule has 1 N–H and O–H groups in total. The third-order valence-corrected chi connectivity index (χ3v) is 2.40. The van der Waals surface area contributed by atoms with Gasteiger partial charge in [-0.15, -0.1) is 0 Å². The normalized spacial score (nSPS) is 13.2. The summed E-state index contributed by atoms with van der Waals surface area (Å²) in [7, 11) is 0. The summed E-state index contributed by atoms with van der Waals surface area (Å²) in [4.78, 5) is 2.44. The first-order valence-electron chi connectivity index (χ1n) is 4.70. The fourth-order valence-corrected chi connectivity index (χ4v) is 1.46. The van der Waals surface area contributed by atoms with Crippen molar-refractivity contribution in [1.82, 2.24) is 4.98 Å². The van der Waals surface area contributed by atoms with Crippen molar-refractivity contribution in [2.45, 2.75) is 19.8 Å². The number of hydrogen-bond acceptors (Lipinski definition) is 2. The summed E-state index contributed by atoms with van der Waals surface area (Å²) >= 11 is 0. The average Bonchev–Trinajstić information content (AvgIpc) is 2.21. The second-order valence-corrected chi connectivity index (χ2v) is 3.77. The molecule has 1 aromatic rings. The fraction of sp³-hybridized carbons (Fsp3) is 0.500. The van der Waals surface area contributed by atoms with Crippen LogP contribution in [0.4, 0.5) is 17.6 Å². The van der Waals surface area contributed by atoms with E-state index in [0.29, 0.717) is 0 Å². The first kappa shape index (κ1) is 12.9. The SMILES string of the molecule is CC(C)C(CO)c1c(F)c(F)nc(F)c1F. The van der Waals surface area contributed by atoms with Crippen molar-refractivity contribution in [3.8, 4) is 0 Å². The Morgan fingerprint density at radius 2 is 1.50 bits per heavy atom. The summed E-state index contributed by atoms with van der Waals surface area (Å²) in [5.74, 6) is -7.87. The van der Waals surface area contributed by atoms with E-state index in [-0.39, 0.29) is 5.92 Å². The number of aliphatic hydroxyl groups is 1. The Labute approximate surface area is 89.9 Å². The van der Waals surface area contributed by atoms with Crippen molar-refractivity contribution >= 4 is 0 Å². The van der Waals surface area contributed by atoms with Gasteiger partial charge in [0.25, 0.3) is 11.9 Å². The van der Waals surface area contributed by atoms with Crippen LogP contribution in [-0.4, -0.2) is 16.7 Å². The zero-order valence-corrected chi connectivity index (χ0v) is 8.77. The van der Waals surface area contributed by atoms with Crippen LogP contribution in [-0.2, 0) is 0 Å². The molecule has 0 amide bonds. The van der Waals surface area contributed by atoms with E-state index in [0.717, 1.165) is 0 Å². The van der Waals surface area contributed by atoms with Crippen molar-refractivity contribution in [1.29, 1.82) is 0 Å². The Morgan fingerprint density at radius 3 is 1.81 bits per heavy atom. The molecule has 0 radical (unpaired) electrons.